The monoisotopic (exact) mass is 170 g/mol. The van der Waals surface area contributed by atoms with Crippen LogP contribution in [0.3, 0.4) is 0 Å². The average Bonchev–Trinajstić information content (AvgIpc) is 2.02. The second-order valence-corrected chi connectivity index (χ2v) is 3.23. The Morgan fingerprint density at radius 1 is 1.42 bits per heavy atom. The van der Waals surface area contributed by atoms with Crippen molar-refractivity contribution in [1.82, 2.24) is 4.90 Å². The maximum absolute atomic E-state index is 9.11. The van der Waals surface area contributed by atoms with E-state index in [2.05, 4.69) is 11.0 Å². The quantitative estimate of drug-likeness (QED) is 0.665. The van der Waals surface area contributed by atoms with Crippen LogP contribution >= 0.6 is 0 Å². The molecule has 0 bridgehead atoms. The molecule has 70 valence electrons. The molecule has 3 heteroatoms. The minimum Gasteiger partial charge on any atom is -0.392 e. The van der Waals surface area contributed by atoms with E-state index in [9.17, 15) is 0 Å². The van der Waals surface area contributed by atoms with Crippen molar-refractivity contribution < 1.29 is 5.11 Å². The third kappa shape index (κ3) is 5.11. The third-order valence-corrected chi connectivity index (χ3v) is 1.72. The van der Waals surface area contributed by atoms with E-state index in [0.29, 0.717) is 6.54 Å². The molecule has 0 radical (unpaired) electrons. The minimum atomic E-state index is -0.309. The van der Waals surface area contributed by atoms with Gasteiger partial charge in [0.1, 0.15) is 0 Å². The summed E-state index contributed by atoms with van der Waals surface area (Å²) in [5, 5.41) is 17.7. The molecule has 0 rings (SSSR count). The lowest BCUT2D eigenvalue weighted by molar-refractivity contribution is 0.125. The zero-order chi connectivity index (χ0) is 9.56. The number of aliphatic hydroxyl groups is 1. The lowest BCUT2D eigenvalue weighted by Gasteiger charge is -2.22. The van der Waals surface area contributed by atoms with Crippen molar-refractivity contribution in [2.24, 2.45) is 5.92 Å². The molecule has 0 aromatic carbocycles. The molecule has 0 saturated heterocycles. The molecule has 0 aliphatic rings. The van der Waals surface area contributed by atoms with Crippen LogP contribution in [-0.2, 0) is 0 Å². The summed E-state index contributed by atoms with van der Waals surface area (Å²) in [7, 11) is 0. The zero-order valence-corrected chi connectivity index (χ0v) is 8.12. The maximum atomic E-state index is 9.11. The number of hydrogen-bond acceptors (Lipinski definition) is 3. The Morgan fingerprint density at radius 3 is 2.33 bits per heavy atom. The largest absolute Gasteiger partial charge is 0.392 e. The highest BCUT2D eigenvalue weighted by atomic mass is 16.3. The molecule has 0 aliphatic heterocycles. The van der Waals surface area contributed by atoms with Gasteiger partial charge in [0.2, 0.25) is 0 Å². The summed E-state index contributed by atoms with van der Waals surface area (Å²) < 4.78 is 0. The highest BCUT2D eigenvalue weighted by Gasteiger charge is 2.09. The SMILES string of the molecule is CCN(CC(C)O)CC(C)C#N. The van der Waals surface area contributed by atoms with Crippen LogP contribution in [0.4, 0.5) is 0 Å². The van der Waals surface area contributed by atoms with Gasteiger partial charge in [0.15, 0.2) is 0 Å². The Hall–Kier alpha value is -0.590. The van der Waals surface area contributed by atoms with E-state index in [1.807, 2.05) is 13.8 Å². The lowest BCUT2D eigenvalue weighted by atomic mass is 10.2. The fourth-order valence-electron chi connectivity index (χ4n) is 1.13. The first-order valence-electron chi connectivity index (χ1n) is 4.40. The Balaban J connectivity index is 3.76. The van der Waals surface area contributed by atoms with Gasteiger partial charge in [0.05, 0.1) is 18.1 Å². The molecule has 0 saturated carbocycles. The van der Waals surface area contributed by atoms with Crippen LogP contribution in [0.5, 0.6) is 0 Å². The van der Waals surface area contributed by atoms with Crippen molar-refractivity contribution in [2.75, 3.05) is 19.6 Å². The van der Waals surface area contributed by atoms with E-state index < -0.39 is 0 Å². The predicted molar refractivity (Wildman–Crippen MR) is 48.6 cm³/mol. The van der Waals surface area contributed by atoms with Crippen LogP contribution in [0.2, 0.25) is 0 Å². The first kappa shape index (κ1) is 11.4. The first-order valence-corrected chi connectivity index (χ1v) is 4.40. The second-order valence-electron chi connectivity index (χ2n) is 3.23. The van der Waals surface area contributed by atoms with Gasteiger partial charge >= 0.3 is 0 Å². The molecule has 0 aliphatic carbocycles. The summed E-state index contributed by atoms with van der Waals surface area (Å²) in [6, 6.07) is 2.18. The van der Waals surface area contributed by atoms with Crippen LogP contribution in [0.1, 0.15) is 20.8 Å². The molecule has 2 atom stereocenters. The first-order chi connectivity index (χ1) is 5.60. The Morgan fingerprint density at radius 2 is 2.00 bits per heavy atom. The minimum absolute atomic E-state index is 0.0451. The molecule has 3 nitrogen and oxygen atoms in total. The predicted octanol–water partition coefficient (Wildman–Crippen LogP) is 0.849. The highest BCUT2D eigenvalue weighted by Crippen LogP contribution is 1.99. The van der Waals surface area contributed by atoms with E-state index in [-0.39, 0.29) is 12.0 Å². The van der Waals surface area contributed by atoms with Gasteiger partial charge in [-0.05, 0) is 20.4 Å². The fourth-order valence-corrected chi connectivity index (χ4v) is 1.13. The molecule has 0 spiro atoms. The molecule has 1 N–H and O–H groups in total. The van der Waals surface area contributed by atoms with E-state index in [1.165, 1.54) is 0 Å². The number of nitriles is 1. The topological polar surface area (TPSA) is 47.3 Å². The van der Waals surface area contributed by atoms with E-state index in [0.717, 1.165) is 13.1 Å². The molecular formula is C9H18N2O. The number of aliphatic hydroxyl groups excluding tert-OH is 1. The molecule has 12 heavy (non-hydrogen) atoms. The zero-order valence-electron chi connectivity index (χ0n) is 8.12. The number of likely N-dealkylation sites (N-methyl/N-ethyl adjacent to an activating group) is 1. The molecule has 0 aromatic rings. The summed E-state index contributed by atoms with van der Waals surface area (Å²) in [5.41, 5.74) is 0. The van der Waals surface area contributed by atoms with E-state index >= 15 is 0 Å². The summed E-state index contributed by atoms with van der Waals surface area (Å²) in [5.74, 6) is 0.0451. The number of nitrogens with zero attached hydrogens (tertiary/aromatic N) is 2. The normalized spacial score (nSPS) is 15.7. The second kappa shape index (κ2) is 5.99. The van der Waals surface area contributed by atoms with Crippen molar-refractivity contribution in [2.45, 2.75) is 26.9 Å². The van der Waals surface area contributed by atoms with Crippen molar-refractivity contribution in [1.29, 1.82) is 5.26 Å². The highest BCUT2D eigenvalue weighted by molar-refractivity contribution is 4.81. The van der Waals surface area contributed by atoms with Crippen LogP contribution in [0, 0.1) is 17.2 Å². The van der Waals surface area contributed by atoms with Gasteiger partial charge in [-0.2, -0.15) is 5.26 Å². The molecule has 0 aromatic heterocycles. The van der Waals surface area contributed by atoms with Crippen LogP contribution in [0.25, 0.3) is 0 Å². The Bertz CT molecular complexity index is 151. The van der Waals surface area contributed by atoms with Crippen molar-refractivity contribution in [3.05, 3.63) is 0 Å². The van der Waals surface area contributed by atoms with Gasteiger partial charge in [0.25, 0.3) is 0 Å². The van der Waals surface area contributed by atoms with Gasteiger partial charge < -0.3 is 5.11 Å². The van der Waals surface area contributed by atoms with Crippen LogP contribution < -0.4 is 0 Å². The Labute approximate surface area is 74.6 Å². The smallest absolute Gasteiger partial charge is 0.0666 e. The standard InChI is InChI=1S/C9H18N2O/c1-4-11(7-9(3)12)6-8(2)5-10/h8-9,12H,4,6-7H2,1-3H3. The summed E-state index contributed by atoms with van der Waals surface area (Å²) in [6.07, 6.45) is -0.309. The summed E-state index contributed by atoms with van der Waals surface area (Å²) in [4.78, 5) is 2.08. The molecular weight excluding hydrogens is 152 g/mol. The maximum Gasteiger partial charge on any atom is 0.0666 e. The third-order valence-electron chi connectivity index (χ3n) is 1.72. The van der Waals surface area contributed by atoms with Gasteiger partial charge in [-0.15, -0.1) is 0 Å². The van der Waals surface area contributed by atoms with Gasteiger partial charge in [-0.3, -0.25) is 4.90 Å². The average molecular weight is 170 g/mol. The molecule has 0 amide bonds. The van der Waals surface area contributed by atoms with E-state index in [1.54, 1.807) is 6.92 Å². The summed E-state index contributed by atoms with van der Waals surface area (Å²) in [6.45, 7) is 7.98. The number of hydrogen-bond donors (Lipinski definition) is 1. The lowest BCUT2D eigenvalue weighted by Crippen LogP contribution is -2.34. The Kier molecular flexibility index (Phi) is 5.69. The van der Waals surface area contributed by atoms with Crippen molar-refractivity contribution in [3.8, 4) is 6.07 Å². The molecule has 2 unspecified atom stereocenters. The number of rotatable bonds is 5. The van der Waals surface area contributed by atoms with Crippen LogP contribution in [0.15, 0.2) is 0 Å². The van der Waals surface area contributed by atoms with E-state index in [4.69, 9.17) is 10.4 Å². The van der Waals surface area contributed by atoms with Gasteiger partial charge in [0, 0.05) is 13.1 Å². The fraction of sp³-hybridized carbons (Fsp3) is 0.889. The molecule has 0 heterocycles. The van der Waals surface area contributed by atoms with Crippen molar-refractivity contribution in [3.63, 3.8) is 0 Å². The summed E-state index contributed by atoms with van der Waals surface area (Å²) >= 11 is 0. The van der Waals surface area contributed by atoms with Gasteiger partial charge in [-0.25, -0.2) is 0 Å². The van der Waals surface area contributed by atoms with Crippen molar-refractivity contribution >= 4 is 0 Å². The van der Waals surface area contributed by atoms with Crippen LogP contribution in [-0.4, -0.2) is 35.7 Å². The van der Waals surface area contributed by atoms with Gasteiger partial charge in [-0.1, -0.05) is 6.92 Å². The molecule has 0 fully saturated rings.